The summed E-state index contributed by atoms with van der Waals surface area (Å²) in [7, 11) is 0. The van der Waals surface area contributed by atoms with Gasteiger partial charge in [0.2, 0.25) is 5.91 Å². The van der Waals surface area contributed by atoms with Crippen molar-refractivity contribution in [2.75, 3.05) is 0 Å². The third-order valence-electron chi connectivity index (χ3n) is 2.25. The van der Waals surface area contributed by atoms with Crippen molar-refractivity contribution in [1.82, 2.24) is 15.3 Å². The largest absolute Gasteiger partial charge is 0.350 e. The van der Waals surface area contributed by atoms with E-state index in [-0.39, 0.29) is 5.91 Å². The average molecular weight is 247 g/mol. The van der Waals surface area contributed by atoms with Crippen molar-refractivity contribution >= 4 is 17.2 Å². The highest BCUT2D eigenvalue weighted by molar-refractivity contribution is 7.13. The first-order chi connectivity index (χ1) is 8.29. The molecule has 0 unspecified atom stereocenters. The quantitative estimate of drug-likeness (QED) is 0.901. The number of thiazole rings is 1. The lowest BCUT2D eigenvalue weighted by Crippen LogP contribution is -2.21. The molecule has 2 aromatic rings. The lowest BCUT2D eigenvalue weighted by molar-refractivity contribution is -0.120. The fourth-order valence-corrected chi connectivity index (χ4v) is 2.13. The summed E-state index contributed by atoms with van der Waals surface area (Å²) in [6, 6.07) is 3.86. The highest BCUT2D eigenvalue weighted by Gasteiger charge is 2.05. The van der Waals surface area contributed by atoms with Crippen LogP contribution in [0.1, 0.15) is 19.0 Å². The third kappa shape index (κ3) is 3.10. The molecular weight excluding hydrogens is 234 g/mol. The first-order valence-corrected chi connectivity index (χ1v) is 6.29. The minimum Gasteiger partial charge on any atom is -0.350 e. The Balaban J connectivity index is 2.04. The van der Waals surface area contributed by atoms with Gasteiger partial charge in [-0.3, -0.25) is 9.78 Å². The number of rotatable bonds is 4. The number of carbonyl (C=O) groups is 1. The van der Waals surface area contributed by atoms with Crippen LogP contribution in [0.4, 0.5) is 0 Å². The Morgan fingerprint density at radius 1 is 1.53 bits per heavy atom. The molecule has 1 N–H and O–H groups in total. The van der Waals surface area contributed by atoms with E-state index in [0.717, 1.165) is 16.3 Å². The van der Waals surface area contributed by atoms with E-state index in [1.165, 1.54) is 0 Å². The van der Waals surface area contributed by atoms with Gasteiger partial charge < -0.3 is 5.32 Å². The monoisotopic (exact) mass is 247 g/mol. The van der Waals surface area contributed by atoms with Crippen molar-refractivity contribution in [3.05, 3.63) is 35.6 Å². The van der Waals surface area contributed by atoms with Gasteiger partial charge in [-0.15, -0.1) is 11.3 Å². The molecule has 0 aliphatic rings. The van der Waals surface area contributed by atoms with Crippen LogP contribution < -0.4 is 5.32 Å². The van der Waals surface area contributed by atoms with Crippen LogP contribution in [0.15, 0.2) is 29.9 Å². The second-order valence-corrected chi connectivity index (χ2v) is 4.37. The van der Waals surface area contributed by atoms with Crippen LogP contribution in [0.25, 0.3) is 10.6 Å². The Kier molecular flexibility index (Phi) is 3.82. The summed E-state index contributed by atoms with van der Waals surface area (Å²) >= 11 is 1.56. The number of carbonyl (C=O) groups excluding carboxylic acids is 1. The van der Waals surface area contributed by atoms with Gasteiger partial charge in [-0.2, -0.15) is 0 Å². The summed E-state index contributed by atoms with van der Waals surface area (Å²) in [5.41, 5.74) is 1.89. The van der Waals surface area contributed by atoms with E-state index in [4.69, 9.17) is 0 Å². The minimum atomic E-state index is 0.0425. The molecule has 88 valence electrons. The molecule has 0 bridgehead atoms. The fraction of sp³-hybridized carbons (Fsp3) is 0.250. The minimum absolute atomic E-state index is 0.0425. The standard InChI is InChI=1S/C12H13N3OS/c1-2-11(16)14-7-10-8-17-12(15-10)9-4-3-5-13-6-9/h3-6,8H,2,7H2,1H3,(H,14,16). The average Bonchev–Trinajstić information content (AvgIpc) is 2.86. The van der Waals surface area contributed by atoms with E-state index in [1.54, 1.807) is 23.7 Å². The van der Waals surface area contributed by atoms with Gasteiger partial charge in [0.15, 0.2) is 0 Å². The smallest absolute Gasteiger partial charge is 0.220 e. The van der Waals surface area contributed by atoms with E-state index in [0.29, 0.717) is 13.0 Å². The molecule has 17 heavy (non-hydrogen) atoms. The number of amides is 1. The summed E-state index contributed by atoms with van der Waals surface area (Å²) in [5.74, 6) is 0.0425. The Hall–Kier alpha value is -1.75. The molecule has 4 nitrogen and oxygen atoms in total. The highest BCUT2D eigenvalue weighted by Crippen LogP contribution is 2.22. The first-order valence-electron chi connectivity index (χ1n) is 5.41. The van der Waals surface area contributed by atoms with E-state index in [2.05, 4.69) is 15.3 Å². The van der Waals surface area contributed by atoms with Crippen LogP contribution >= 0.6 is 11.3 Å². The van der Waals surface area contributed by atoms with Crippen LogP contribution in [0, 0.1) is 0 Å². The molecule has 5 heteroatoms. The number of nitrogens with one attached hydrogen (secondary N) is 1. The Morgan fingerprint density at radius 3 is 3.12 bits per heavy atom. The number of aromatic nitrogens is 2. The normalized spacial score (nSPS) is 10.2. The Labute approximate surface area is 104 Å². The molecule has 2 aromatic heterocycles. The van der Waals surface area contributed by atoms with Gasteiger partial charge in [-0.05, 0) is 12.1 Å². The van der Waals surface area contributed by atoms with Gasteiger partial charge >= 0.3 is 0 Å². The molecule has 1 amide bonds. The van der Waals surface area contributed by atoms with Crippen LogP contribution in [-0.2, 0) is 11.3 Å². The van der Waals surface area contributed by atoms with E-state index < -0.39 is 0 Å². The SMILES string of the molecule is CCC(=O)NCc1csc(-c2cccnc2)n1. The molecule has 2 rings (SSSR count). The molecule has 0 fully saturated rings. The Bertz CT molecular complexity index is 495. The zero-order valence-corrected chi connectivity index (χ0v) is 10.3. The molecule has 0 radical (unpaired) electrons. The lowest BCUT2D eigenvalue weighted by Gasteiger charge is -1.99. The van der Waals surface area contributed by atoms with Crippen molar-refractivity contribution in [2.45, 2.75) is 19.9 Å². The zero-order chi connectivity index (χ0) is 12.1. The number of hydrogen-bond donors (Lipinski definition) is 1. The van der Waals surface area contributed by atoms with Crippen molar-refractivity contribution in [3.8, 4) is 10.6 Å². The van der Waals surface area contributed by atoms with E-state index >= 15 is 0 Å². The van der Waals surface area contributed by atoms with Crippen LogP contribution in [0.3, 0.4) is 0 Å². The summed E-state index contributed by atoms with van der Waals surface area (Å²) < 4.78 is 0. The van der Waals surface area contributed by atoms with Crippen LogP contribution in [-0.4, -0.2) is 15.9 Å². The topological polar surface area (TPSA) is 54.9 Å². The number of pyridine rings is 1. The maximum absolute atomic E-state index is 11.1. The maximum Gasteiger partial charge on any atom is 0.220 e. The van der Waals surface area contributed by atoms with Crippen molar-refractivity contribution in [1.29, 1.82) is 0 Å². The van der Waals surface area contributed by atoms with Crippen LogP contribution in [0.2, 0.25) is 0 Å². The maximum atomic E-state index is 11.1. The van der Waals surface area contributed by atoms with Crippen molar-refractivity contribution in [2.24, 2.45) is 0 Å². The predicted octanol–water partition coefficient (Wildman–Crippen LogP) is 2.23. The van der Waals surface area contributed by atoms with Gasteiger partial charge in [0.05, 0.1) is 12.2 Å². The van der Waals surface area contributed by atoms with E-state index in [1.807, 2.05) is 24.4 Å². The molecular formula is C12H13N3OS. The summed E-state index contributed by atoms with van der Waals surface area (Å²) in [4.78, 5) is 19.6. The highest BCUT2D eigenvalue weighted by atomic mass is 32.1. The van der Waals surface area contributed by atoms with Crippen molar-refractivity contribution in [3.63, 3.8) is 0 Å². The molecule has 0 aromatic carbocycles. The summed E-state index contributed by atoms with van der Waals surface area (Å²) in [5, 5.41) is 5.69. The summed E-state index contributed by atoms with van der Waals surface area (Å²) in [6.07, 6.45) is 4.02. The molecule has 0 aliphatic carbocycles. The third-order valence-corrected chi connectivity index (χ3v) is 3.19. The molecule has 0 aliphatic heterocycles. The first kappa shape index (κ1) is 11.7. The van der Waals surface area contributed by atoms with Crippen molar-refractivity contribution < 1.29 is 4.79 Å². The van der Waals surface area contributed by atoms with Gasteiger partial charge in [-0.1, -0.05) is 6.92 Å². The molecule has 0 atom stereocenters. The number of hydrogen-bond acceptors (Lipinski definition) is 4. The van der Waals surface area contributed by atoms with Gasteiger partial charge in [-0.25, -0.2) is 4.98 Å². The van der Waals surface area contributed by atoms with Gasteiger partial charge in [0.25, 0.3) is 0 Å². The predicted molar refractivity (Wildman–Crippen MR) is 67.5 cm³/mol. The summed E-state index contributed by atoms with van der Waals surface area (Å²) in [6.45, 7) is 2.32. The molecule has 2 heterocycles. The Morgan fingerprint density at radius 2 is 2.41 bits per heavy atom. The molecule has 0 saturated heterocycles. The lowest BCUT2D eigenvalue weighted by atomic mass is 10.3. The second-order valence-electron chi connectivity index (χ2n) is 3.52. The van der Waals surface area contributed by atoms with Gasteiger partial charge in [0.1, 0.15) is 5.01 Å². The molecule has 0 spiro atoms. The van der Waals surface area contributed by atoms with Gasteiger partial charge in [0, 0.05) is 29.8 Å². The number of nitrogens with zero attached hydrogens (tertiary/aromatic N) is 2. The van der Waals surface area contributed by atoms with E-state index in [9.17, 15) is 4.79 Å². The zero-order valence-electron chi connectivity index (χ0n) is 9.51. The fourth-order valence-electron chi connectivity index (χ4n) is 1.32. The molecule has 0 saturated carbocycles. The second kappa shape index (κ2) is 5.54. The van der Waals surface area contributed by atoms with Crippen LogP contribution in [0.5, 0.6) is 0 Å².